The van der Waals surface area contributed by atoms with E-state index in [4.69, 9.17) is 34.8 Å². The van der Waals surface area contributed by atoms with Gasteiger partial charge < -0.3 is 10.0 Å². The number of halogens is 7. The normalized spacial score (nSPS) is 21.2. The number of carbonyl (C=O) groups is 2. The van der Waals surface area contributed by atoms with Gasteiger partial charge in [0.05, 0.1) is 33.9 Å². The average Bonchev–Trinajstić information content (AvgIpc) is 3.22. The third-order valence-electron chi connectivity index (χ3n) is 6.54. The van der Waals surface area contributed by atoms with E-state index < -0.39 is 35.5 Å². The summed E-state index contributed by atoms with van der Waals surface area (Å²) in [6, 6.07) is 7.35. The van der Waals surface area contributed by atoms with Crippen LogP contribution in [0.3, 0.4) is 0 Å². The van der Waals surface area contributed by atoms with Gasteiger partial charge >= 0.3 is 12.3 Å². The molecular formula is C24H20Cl3F4N3O3. The highest BCUT2D eigenvalue weighted by Crippen LogP contribution is 2.52. The molecule has 0 bridgehead atoms. The molecule has 37 heavy (non-hydrogen) atoms. The van der Waals surface area contributed by atoms with Crippen LogP contribution in [0, 0.1) is 5.92 Å². The highest BCUT2D eigenvalue weighted by Gasteiger charge is 2.65. The molecule has 0 saturated carbocycles. The van der Waals surface area contributed by atoms with Gasteiger partial charge in [0.15, 0.2) is 11.2 Å². The number of carbonyl (C=O) groups excluding carboxylic acids is 1. The molecule has 2 aliphatic heterocycles. The van der Waals surface area contributed by atoms with E-state index in [0.29, 0.717) is 0 Å². The molecule has 6 nitrogen and oxygen atoms in total. The summed E-state index contributed by atoms with van der Waals surface area (Å²) in [5, 5.41) is 12.7. The molecule has 1 N–H and O–H groups in total. The number of likely N-dealkylation sites (tertiary alicyclic amines) is 1. The second kappa shape index (κ2) is 9.32. The quantitative estimate of drug-likeness (QED) is 0.317. The van der Waals surface area contributed by atoms with Crippen molar-refractivity contribution in [2.45, 2.75) is 37.7 Å². The smallest absolute Gasteiger partial charge is 0.429 e. The summed E-state index contributed by atoms with van der Waals surface area (Å²) in [4.78, 5) is 25.4. The van der Waals surface area contributed by atoms with Gasteiger partial charge in [0.2, 0.25) is 5.91 Å². The molecule has 0 radical (unpaired) electrons. The zero-order valence-corrected chi connectivity index (χ0v) is 21.7. The Balaban J connectivity index is 1.68. The number of hydrogen-bond acceptors (Lipinski definition) is 3. The molecule has 2 amide bonds. The summed E-state index contributed by atoms with van der Waals surface area (Å²) in [5.41, 5.74) is -5.24. The first-order valence-electron chi connectivity index (χ1n) is 11.0. The summed E-state index contributed by atoms with van der Waals surface area (Å²) in [7, 11) is 0. The van der Waals surface area contributed by atoms with Gasteiger partial charge in [-0.2, -0.15) is 23.3 Å². The summed E-state index contributed by atoms with van der Waals surface area (Å²) in [5.74, 6) is -0.450. The van der Waals surface area contributed by atoms with Gasteiger partial charge in [0.1, 0.15) is 0 Å². The second-order valence-corrected chi connectivity index (χ2v) is 10.5. The molecule has 13 heteroatoms. The van der Waals surface area contributed by atoms with Crippen LogP contribution < -0.4 is 0 Å². The van der Waals surface area contributed by atoms with Crippen LogP contribution in [0.2, 0.25) is 15.1 Å². The fraction of sp³-hybridized carbons (Fsp3) is 0.375. The van der Waals surface area contributed by atoms with E-state index >= 15 is 4.39 Å². The topological polar surface area (TPSA) is 73.2 Å². The van der Waals surface area contributed by atoms with Crippen LogP contribution in [-0.4, -0.2) is 52.0 Å². The van der Waals surface area contributed by atoms with Crippen molar-refractivity contribution in [3.63, 3.8) is 0 Å². The van der Waals surface area contributed by atoms with Gasteiger partial charge in [-0.3, -0.25) is 4.79 Å². The number of hydrogen-bond donors (Lipinski definition) is 1. The van der Waals surface area contributed by atoms with E-state index in [0.717, 1.165) is 12.1 Å². The molecule has 0 aliphatic carbocycles. The maximum atomic E-state index is 15.3. The van der Waals surface area contributed by atoms with E-state index in [1.807, 2.05) is 0 Å². The molecule has 198 valence electrons. The van der Waals surface area contributed by atoms with E-state index in [-0.39, 0.29) is 61.8 Å². The minimum absolute atomic E-state index is 0.0654. The molecule has 2 aromatic carbocycles. The van der Waals surface area contributed by atoms with Crippen molar-refractivity contribution >= 4 is 52.5 Å². The Kier molecular flexibility index (Phi) is 6.92. The Bertz CT molecular complexity index is 1270. The van der Waals surface area contributed by atoms with Crippen molar-refractivity contribution in [2.75, 3.05) is 13.1 Å². The Hall–Kier alpha value is -2.56. The van der Waals surface area contributed by atoms with Gasteiger partial charge in [-0.1, -0.05) is 72.9 Å². The van der Waals surface area contributed by atoms with Gasteiger partial charge in [-0.15, -0.1) is 0 Å². The highest BCUT2D eigenvalue weighted by molar-refractivity contribution is 6.48. The minimum atomic E-state index is -5.13. The molecule has 2 heterocycles. The first-order valence-corrected chi connectivity index (χ1v) is 12.1. The third-order valence-corrected chi connectivity index (χ3v) is 7.74. The molecule has 2 aliphatic rings. The first kappa shape index (κ1) is 27.5. The second-order valence-electron chi connectivity index (χ2n) is 9.32. The lowest BCUT2D eigenvalue weighted by Gasteiger charge is -2.45. The largest absolute Gasteiger partial charge is 0.464 e. The molecule has 1 atom stereocenters. The Labute approximate surface area is 224 Å². The molecule has 1 saturated heterocycles. The molecule has 2 aromatic rings. The average molecular weight is 581 g/mol. The van der Waals surface area contributed by atoms with Crippen LogP contribution in [0.1, 0.15) is 37.0 Å². The monoisotopic (exact) mass is 579 g/mol. The Morgan fingerprint density at radius 1 is 1.03 bits per heavy atom. The van der Waals surface area contributed by atoms with Crippen molar-refractivity contribution in [1.82, 2.24) is 9.91 Å². The predicted octanol–water partition coefficient (Wildman–Crippen LogP) is 6.86. The van der Waals surface area contributed by atoms with Gasteiger partial charge in [0, 0.05) is 12.3 Å². The summed E-state index contributed by atoms with van der Waals surface area (Å²) < 4.78 is 59.2. The number of carboxylic acid groups (broad SMARTS) is 1. The van der Waals surface area contributed by atoms with Crippen molar-refractivity contribution in [2.24, 2.45) is 11.0 Å². The number of rotatable bonds is 4. The first-order chi connectivity index (χ1) is 17.1. The molecule has 1 unspecified atom stereocenters. The minimum Gasteiger partial charge on any atom is -0.464 e. The maximum absolute atomic E-state index is 15.3. The van der Waals surface area contributed by atoms with Crippen LogP contribution in [0.5, 0.6) is 0 Å². The Morgan fingerprint density at radius 2 is 1.57 bits per heavy atom. The van der Waals surface area contributed by atoms with Crippen LogP contribution in [-0.2, 0) is 16.0 Å². The van der Waals surface area contributed by atoms with Crippen LogP contribution in [0.15, 0.2) is 41.5 Å². The van der Waals surface area contributed by atoms with Gasteiger partial charge in [-0.25, -0.2) is 9.18 Å². The summed E-state index contributed by atoms with van der Waals surface area (Å²) >= 11 is 17.8. The fourth-order valence-electron chi connectivity index (χ4n) is 4.55. The van der Waals surface area contributed by atoms with Crippen LogP contribution >= 0.6 is 34.8 Å². The van der Waals surface area contributed by atoms with Crippen molar-refractivity contribution in [3.05, 3.63) is 68.2 Å². The number of amides is 2. The molecule has 1 fully saturated rings. The lowest BCUT2D eigenvalue weighted by molar-refractivity contribution is -0.224. The summed E-state index contributed by atoms with van der Waals surface area (Å²) in [6.45, 7) is 3.16. The summed E-state index contributed by atoms with van der Waals surface area (Å²) in [6.07, 6.45) is -7.95. The number of benzene rings is 2. The van der Waals surface area contributed by atoms with Gasteiger partial charge in [0.25, 0.3) is 0 Å². The zero-order chi connectivity index (χ0) is 27.5. The lowest BCUT2D eigenvalue weighted by Crippen LogP contribution is -2.59. The molecular weight excluding hydrogens is 561 g/mol. The fourth-order valence-corrected chi connectivity index (χ4v) is 5.15. The van der Waals surface area contributed by atoms with Gasteiger partial charge in [-0.05, 0) is 28.8 Å². The molecule has 0 spiro atoms. The van der Waals surface area contributed by atoms with Crippen molar-refractivity contribution in [1.29, 1.82) is 0 Å². The number of hydrazone groups is 1. The van der Waals surface area contributed by atoms with E-state index in [9.17, 15) is 27.9 Å². The van der Waals surface area contributed by atoms with Crippen LogP contribution in [0.25, 0.3) is 0 Å². The Morgan fingerprint density at radius 3 is 2.03 bits per heavy atom. The van der Waals surface area contributed by atoms with Crippen molar-refractivity contribution < 1.29 is 32.3 Å². The van der Waals surface area contributed by atoms with Crippen molar-refractivity contribution in [3.8, 4) is 0 Å². The lowest BCUT2D eigenvalue weighted by atomic mass is 9.82. The number of alkyl halides is 4. The SMILES string of the molecule is CC(C)C(=O)N1CC(F)(c2ccc(C3=NN(C(=O)O)C(c4cc(Cl)c(Cl)c(Cl)c4)(C(F)(F)F)C3)cc2)C1. The molecule has 4 rings (SSSR count). The van der Waals surface area contributed by atoms with Crippen LogP contribution in [0.4, 0.5) is 22.4 Å². The third kappa shape index (κ3) is 4.53. The van der Waals surface area contributed by atoms with E-state index in [2.05, 4.69) is 5.10 Å². The highest BCUT2D eigenvalue weighted by atomic mass is 35.5. The zero-order valence-electron chi connectivity index (χ0n) is 19.4. The van der Waals surface area contributed by atoms with E-state index in [1.54, 1.807) is 13.8 Å². The predicted molar refractivity (Wildman–Crippen MR) is 131 cm³/mol. The maximum Gasteiger partial charge on any atom is 0.429 e. The standard InChI is InChI=1S/C24H20Cl3F4N3O3/c1-12(2)20(35)33-10-22(28,11-33)14-5-3-13(4-6-14)18-9-23(24(29,30)31,34(32-18)21(36)37)15-7-16(25)19(27)17(26)8-15/h3-8,12H,9-11H2,1-2H3,(H,36,37). The number of nitrogens with zero attached hydrogens (tertiary/aromatic N) is 3. The van der Waals surface area contributed by atoms with E-state index in [1.165, 1.54) is 29.2 Å². The molecule has 0 aromatic heterocycles.